The standard InChI is InChI=1S/C19H16N2O2/c1-19-15-12-8-4-2-6-10(12)14(11-7-3-5-9-13(11)15)16(19)17(22)21(20)18(19)23/h2-9,14-16H,20H2,1H3/t14?,15?,16-,19+/m1/s1. The topological polar surface area (TPSA) is 63.4 Å². The second-order valence-electron chi connectivity index (χ2n) is 6.94. The number of hydrazine groups is 1. The third-order valence-corrected chi connectivity index (χ3v) is 6.05. The first-order chi connectivity index (χ1) is 11.1. The van der Waals surface area contributed by atoms with Crippen LogP contribution in [0.5, 0.6) is 0 Å². The van der Waals surface area contributed by atoms with Gasteiger partial charge in [-0.25, -0.2) is 10.9 Å². The number of nitrogens with zero attached hydrogens (tertiary/aromatic N) is 1. The molecule has 0 spiro atoms. The van der Waals surface area contributed by atoms with Crippen LogP contribution in [0.1, 0.15) is 41.0 Å². The van der Waals surface area contributed by atoms with Gasteiger partial charge < -0.3 is 0 Å². The first-order valence-corrected chi connectivity index (χ1v) is 7.87. The molecule has 23 heavy (non-hydrogen) atoms. The molecule has 3 aliphatic carbocycles. The molecule has 4 nitrogen and oxygen atoms in total. The van der Waals surface area contributed by atoms with Crippen molar-refractivity contribution in [2.24, 2.45) is 17.2 Å². The Morgan fingerprint density at radius 3 is 1.91 bits per heavy atom. The average Bonchev–Trinajstić information content (AvgIpc) is 2.76. The highest BCUT2D eigenvalue weighted by atomic mass is 16.2. The van der Waals surface area contributed by atoms with E-state index in [0.29, 0.717) is 0 Å². The minimum atomic E-state index is -0.792. The molecule has 2 atom stereocenters. The van der Waals surface area contributed by atoms with Crippen molar-refractivity contribution in [1.29, 1.82) is 0 Å². The maximum atomic E-state index is 12.9. The van der Waals surface area contributed by atoms with Crippen molar-refractivity contribution < 1.29 is 9.59 Å². The number of nitrogens with two attached hydrogens (primary N) is 1. The summed E-state index contributed by atoms with van der Waals surface area (Å²) in [5.41, 5.74) is 3.85. The van der Waals surface area contributed by atoms with Gasteiger partial charge in [0.15, 0.2) is 0 Å². The van der Waals surface area contributed by atoms with Gasteiger partial charge >= 0.3 is 0 Å². The summed E-state index contributed by atoms with van der Waals surface area (Å²) in [6.45, 7) is 1.91. The van der Waals surface area contributed by atoms with Crippen LogP contribution < -0.4 is 5.84 Å². The fraction of sp³-hybridized carbons (Fsp3) is 0.263. The summed E-state index contributed by atoms with van der Waals surface area (Å²) >= 11 is 0. The van der Waals surface area contributed by atoms with E-state index in [4.69, 9.17) is 5.84 Å². The van der Waals surface area contributed by atoms with E-state index in [0.717, 1.165) is 27.3 Å². The summed E-state index contributed by atoms with van der Waals surface area (Å²) in [5.74, 6) is 4.69. The van der Waals surface area contributed by atoms with E-state index in [1.165, 1.54) is 0 Å². The molecule has 0 radical (unpaired) electrons. The first-order valence-electron chi connectivity index (χ1n) is 7.87. The van der Waals surface area contributed by atoms with Crippen molar-refractivity contribution in [1.82, 2.24) is 5.01 Å². The lowest BCUT2D eigenvalue weighted by Gasteiger charge is -2.51. The number of rotatable bonds is 0. The van der Waals surface area contributed by atoms with Crippen LogP contribution in [0.4, 0.5) is 0 Å². The van der Waals surface area contributed by atoms with Crippen molar-refractivity contribution in [3.8, 4) is 0 Å². The number of amides is 2. The van der Waals surface area contributed by atoms with Crippen LogP contribution in [0.15, 0.2) is 48.5 Å². The normalized spacial score (nSPS) is 33.5. The monoisotopic (exact) mass is 304 g/mol. The van der Waals surface area contributed by atoms with Crippen molar-refractivity contribution in [2.45, 2.75) is 18.8 Å². The van der Waals surface area contributed by atoms with Gasteiger partial charge in [-0.15, -0.1) is 0 Å². The van der Waals surface area contributed by atoms with E-state index in [9.17, 15) is 9.59 Å². The molecule has 2 aromatic rings. The average molecular weight is 304 g/mol. The van der Waals surface area contributed by atoms with Crippen molar-refractivity contribution in [3.63, 3.8) is 0 Å². The van der Waals surface area contributed by atoms with Crippen LogP contribution in [0.2, 0.25) is 0 Å². The van der Waals surface area contributed by atoms with Crippen LogP contribution in [-0.2, 0) is 9.59 Å². The van der Waals surface area contributed by atoms with Crippen LogP contribution in [0.3, 0.4) is 0 Å². The van der Waals surface area contributed by atoms with Crippen LogP contribution in [-0.4, -0.2) is 16.8 Å². The lowest BCUT2D eigenvalue weighted by Crippen LogP contribution is -2.49. The van der Waals surface area contributed by atoms with E-state index in [-0.39, 0.29) is 23.7 Å². The minimum absolute atomic E-state index is 0.0950. The Labute approximate surface area is 133 Å². The number of hydrogen-bond donors (Lipinski definition) is 1. The molecule has 4 heteroatoms. The molecular formula is C19H16N2O2. The zero-order valence-electron chi connectivity index (χ0n) is 12.7. The smallest absolute Gasteiger partial charge is 0.251 e. The predicted molar refractivity (Wildman–Crippen MR) is 84.2 cm³/mol. The fourth-order valence-electron chi connectivity index (χ4n) is 5.15. The molecule has 2 amide bonds. The van der Waals surface area contributed by atoms with Gasteiger partial charge in [-0.2, -0.15) is 0 Å². The Kier molecular flexibility index (Phi) is 2.20. The summed E-state index contributed by atoms with van der Waals surface area (Å²) in [6, 6.07) is 16.3. The largest absolute Gasteiger partial charge is 0.273 e. The minimum Gasteiger partial charge on any atom is -0.273 e. The molecular weight excluding hydrogens is 288 g/mol. The Bertz CT molecular complexity index is 843. The second-order valence-corrected chi connectivity index (χ2v) is 6.94. The van der Waals surface area contributed by atoms with Gasteiger partial charge in [-0.3, -0.25) is 9.59 Å². The summed E-state index contributed by atoms with van der Waals surface area (Å²) in [4.78, 5) is 25.6. The predicted octanol–water partition coefficient (Wildman–Crippen LogP) is 2.14. The molecule has 1 saturated heterocycles. The molecule has 2 aromatic carbocycles. The zero-order chi connectivity index (χ0) is 15.9. The van der Waals surface area contributed by atoms with Crippen molar-refractivity contribution >= 4 is 11.8 Å². The third kappa shape index (κ3) is 1.24. The highest BCUT2D eigenvalue weighted by molar-refractivity contribution is 6.09. The van der Waals surface area contributed by atoms with Gasteiger partial charge in [-0.05, 0) is 29.2 Å². The van der Waals surface area contributed by atoms with Gasteiger partial charge in [0.1, 0.15) is 0 Å². The molecule has 4 aliphatic rings. The van der Waals surface area contributed by atoms with Gasteiger partial charge in [0.05, 0.1) is 11.3 Å². The van der Waals surface area contributed by atoms with Gasteiger partial charge in [0.2, 0.25) is 5.91 Å². The van der Waals surface area contributed by atoms with Crippen LogP contribution >= 0.6 is 0 Å². The number of carbonyl (C=O) groups is 2. The van der Waals surface area contributed by atoms with Crippen molar-refractivity contribution in [2.75, 3.05) is 0 Å². The van der Waals surface area contributed by atoms with E-state index in [1.807, 2.05) is 31.2 Å². The molecule has 1 fully saturated rings. The molecule has 114 valence electrons. The SMILES string of the molecule is C[C@@]12C(=O)N(N)C(=O)[C@H]1C1c3ccccc3C2c2ccccc21. The quantitative estimate of drug-likeness (QED) is 0.461. The van der Waals surface area contributed by atoms with Gasteiger partial charge in [0, 0.05) is 11.8 Å². The number of benzene rings is 2. The molecule has 1 heterocycles. The van der Waals surface area contributed by atoms with Crippen LogP contribution in [0.25, 0.3) is 0 Å². The lowest BCUT2D eigenvalue weighted by atomic mass is 9.48. The number of imide groups is 1. The number of carbonyl (C=O) groups excluding carboxylic acids is 2. The summed E-state index contributed by atoms with van der Waals surface area (Å²) < 4.78 is 0. The van der Waals surface area contributed by atoms with Gasteiger partial charge in [-0.1, -0.05) is 48.5 Å². The van der Waals surface area contributed by atoms with Gasteiger partial charge in [0.25, 0.3) is 5.91 Å². The summed E-state index contributed by atoms with van der Waals surface area (Å²) in [5, 5.41) is 0.850. The Morgan fingerprint density at radius 1 is 0.913 bits per heavy atom. The molecule has 1 aliphatic heterocycles. The lowest BCUT2D eigenvalue weighted by molar-refractivity contribution is -0.141. The highest BCUT2D eigenvalue weighted by Gasteiger charge is 2.68. The van der Waals surface area contributed by atoms with E-state index in [1.54, 1.807) is 0 Å². The van der Waals surface area contributed by atoms with Crippen molar-refractivity contribution in [3.05, 3.63) is 70.8 Å². The maximum absolute atomic E-state index is 12.9. The third-order valence-electron chi connectivity index (χ3n) is 6.05. The Hall–Kier alpha value is -2.46. The Morgan fingerprint density at radius 2 is 1.39 bits per heavy atom. The van der Waals surface area contributed by atoms with E-state index >= 15 is 0 Å². The zero-order valence-corrected chi connectivity index (χ0v) is 12.7. The van der Waals surface area contributed by atoms with Crippen LogP contribution in [0, 0.1) is 11.3 Å². The molecule has 2 bridgehead atoms. The highest BCUT2D eigenvalue weighted by Crippen LogP contribution is 2.66. The second kappa shape index (κ2) is 3.89. The summed E-state index contributed by atoms with van der Waals surface area (Å²) in [6.07, 6.45) is 0. The molecule has 0 unspecified atom stereocenters. The summed E-state index contributed by atoms with van der Waals surface area (Å²) in [7, 11) is 0. The Balaban J connectivity index is 1.91. The van der Waals surface area contributed by atoms with E-state index in [2.05, 4.69) is 24.3 Å². The fourth-order valence-corrected chi connectivity index (χ4v) is 5.15. The maximum Gasteiger partial charge on any atom is 0.251 e. The molecule has 0 aromatic heterocycles. The molecule has 2 N–H and O–H groups in total. The van der Waals surface area contributed by atoms with E-state index < -0.39 is 11.3 Å². The molecule has 0 saturated carbocycles. The first kappa shape index (κ1) is 13.0. The molecule has 6 rings (SSSR count). The number of hydrogen-bond acceptors (Lipinski definition) is 3.